The van der Waals surface area contributed by atoms with Crippen molar-refractivity contribution in [2.24, 2.45) is 0 Å². The first-order valence-electron chi connectivity index (χ1n) is 4.64. The van der Waals surface area contributed by atoms with Gasteiger partial charge in [0, 0.05) is 29.5 Å². The number of carbonyl (C=O) groups excluding carboxylic acids is 1. The summed E-state index contributed by atoms with van der Waals surface area (Å²) in [6.07, 6.45) is 4.51. The van der Waals surface area contributed by atoms with Crippen LogP contribution in [0.25, 0.3) is 0 Å². The van der Waals surface area contributed by atoms with Gasteiger partial charge in [0.2, 0.25) is 0 Å². The van der Waals surface area contributed by atoms with E-state index in [-0.39, 0.29) is 0 Å². The Labute approximate surface area is 93.1 Å². The van der Waals surface area contributed by atoms with E-state index in [1.165, 1.54) is 0 Å². The third-order valence-corrected chi connectivity index (χ3v) is 2.59. The fourth-order valence-corrected chi connectivity index (χ4v) is 1.65. The standard InChI is InChI=1S/C12H10ClNO/c13-12-4-2-1-3-11(12)8-14-6-5-10(7-14)9-15/h1-7,9H,8H2. The van der Waals surface area contributed by atoms with Crippen LogP contribution >= 0.6 is 11.6 Å². The Balaban J connectivity index is 2.22. The largest absolute Gasteiger partial charge is 0.349 e. The molecule has 1 aromatic carbocycles. The van der Waals surface area contributed by atoms with E-state index in [0.717, 1.165) is 16.9 Å². The number of aromatic nitrogens is 1. The van der Waals surface area contributed by atoms with Crippen LogP contribution in [0, 0.1) is 0 Å². The average molecular weight is 220 g/mol. The molecule has 0 aliphatic rings. The molecule has 1 heterocycles. The van der Waals surface area contributed by atoms with E-state index in [4.69, 9.17) is 11.6 Å². The third-order valence-electron chi connectivity index (χ3n) is 2.22. The third kappa shape index (κ3) is 2.28. The first-order chi connectivity index (χ1) is 7.29. The molecule has 0 spiro atoms. The Bertz CT molecular complexity index is 476. The van der Waals surface area contributed by atoms with Crippen LogP contribution in [-0.2, 0) is 6.54 Å². The van der Waals surface area contributed by atoms with Crippen molar-refractivity contribution in [3.05, 3.63) is 58.9 Å². The summed E-state index contributed by atoms with van der Waals surface area (Å²) in [4.78, 5) is 10.5. The van der Waals surface area contributed by atoms with Crippen molar-refractivity contribution in [2.75, 3.05) is 0 Å². The number of hydrogen-bond donors (Lipinski definition) is 0. The van der Waals surface area contributed by atoms with Crippen molar-refractivity contribution in [3.8, 4) is 0 Å². The van der Waals surface area contributed by atoms with E-state index >= 15 is 0 Å². The lowest BCUT2D eigenvalue weighted by Gasteiger charge is -2.04. The minimum atomic E-state index is 0.682. The van der Waals surface area contributed by atoms with Gasteiger partial charge < -0.3 is 4.57 Å². The molecule has 0 radical (unpaired) electrons. The van der Waals surface area contributed by atoms with E-state index in [0.29, 0.717) is 12.1 Å². The summed E-state index contributed by atoms with van der Waals surface area (Å²) >= 11 is 6.03. The number of benzene rings is 1. The van der Waals surface area contributed by atoms with Gasteiger partial charge in [-0.3, -0.25) is 4.79 Å². The highest BCUT2D eigenvalue weighted by atomic mass is 35.5. The molecule has 0 saturated carbocycles. The molecule has 2 nitrogen and oxygen atoms in total. The predicted molar refractivity (Wildman–Crippen MR) is 60.4 cm³/mol. The van der Waals surface area contributed by atoms with Gasteiger partial charge in [0.15, 0.2) is 6.29 Å². The van der Waals surface area contributed by atoms with Crippen molar-refractivity contribution in [3.63, 3.8) is 0 Å². The van der Waals surface area contributed by atoms with Crippen LogP contribution in [0.3, 0.4) is 0 Å². The van der Waals surface area contributed by atoms with E-state index in [2.05, 4.69) is 0 Å². The fourth-order valence-electron chi connectivity index (χ4n) is 1.45. The highest BCUT2D eigenvalue weighted by molar-refractivity contribution is 6.31. The van der Waals surface area contributed by atoms with Crippen LogP contribution in [0.15, 0.2) is 42.7 Å². The van der Waals surface area contributed by atoms with Crippen LogP contribution in [0.2, 0.25) is 5.02 Å². The molecule has 0 fully saturated rings. The molecule has 0 unspecified atom stereocenters. The van der Waals surface area contributed by atoms with Gasteiger partial charge in [0.05, 0.1) is 0 Å². The van der Waals surface area contributed by atoms with Gasteiger partial charge in [-0.15, -0.1) is 0 Å². The highest BCUT2D eigenvalue weighted by Gasteiger charge is 2.00. The molecule has 0 aliphatic carbocycles. The maximum Gasteiger partial charge on any atom is 0.151 e. The molecule has 0 aliphatic heterocycles. The summed E-state index contributed by atoms with van der Waals surface area (Å²) < 4.78 is 1.94. The summed E-state index contributed by atoms with van der Waals surface area (Å²) in [5.74, 6) is 0. The molecule has 2 aromatic rings. The summed E-state index contributed by atoms with van der Waals surface area (Å²) in [7, 11) is 0. The van der Waals surface area contributed by atoms with Crippen molar-refractivity contribution in [1.29, 1.82) is 0 Å². The van der Waals surface area contributed by atoms with Gasteiger partial charge in [-0.2, -0.15) is 0 Å². The zero-order valence-corrected chi connectivity index (χ0v) is 8.82. The molecule has 2 rings (SSSR count). The SMILES string of the molecule is O=Cc1ccn(Cc2ccccc2Cl)c1. The lowest BCUT2D eigenvalue weighted by molar-refractivity contribution is 0.112. The molecule has 1 aromatic heterocycles. The van der Waals surface area contributed by atoms with Gasteiger partial charge in [-0.1, -0.05) is 29.8 Å². The average Bonchev–Trinajstić information content (AvgIpc) is 2.69. The first kappa shape index (κ1) is 9.99. The molecule has 3 heteroatoms. The Kier molecular flexibility index (Phi) is 2.88. The summed E-state index contributed by atoms with van der Waals surface area (Å²) in [6.45, 7) is 0.688. The van der Waals surface area contributed by atoms with Crippen molar-refractivity contribution >= 4 is 17.9 Å². The minimum absolute atomic E-state index is 0.682. The smallest absolute Gasteiger partial charge is 0.151 e. The normalized spacial score (nSPS) is 10.2. The fraction of sp³-hybridized carbons (Fsp3) is 0.0833. The maximum atomic E-state index is 10.5. The van der Waals surface area contributed by atoms with Gasteiger partial charge >= 0.3 is 0 Å². The summed E-state index contributed by atoms with van der Waals surface area (Å²) in [5, 5.41) is 0.749. The van der Waals surface area contributed by atoms with Gasteiger partial charge in [-0.25, -0.2) is 0 Å². The molecule has 0 atom stereocenters. The second-order valence-electron chi connectivity index (χ2n) is 3.33. The van der Waals surface area contributed by atoms with E-state index < -0.39 is 0 Å². The summed E-state index contributed by atoms with van der Waals surface area (Å²) in [5.41, 5.74) is 1.73. The van der Waals surface area contributed by atoms with Crippen molar-refractivity contribution in [1.82, 2.24) is 4.57 Å². The number of carbonyl (C=O) groups is 1. The molecule has 0 N–H and O–H groups in total. The number of hydrogen-bond acceptors (Lipinski definition) is 1. The lowest BCUT2D eigenvalue weighted by atomic mass is 10.2. The molecular formula is C12H10ClNO. The van der Waals surface area contributed by atoms with Crippen LogP contribution in [0.4, 0.5) is 0 Å². The zero-order chi connectivity index (χ0) is 10.7. The summed E-state index contributed by atoms with van der Waals surface area (Å²) in [6, 6.07) is 9.47. The monoisotopic (exact) mass is 219 g/mol. The van der Waals surface area contributed by atoms with Gasteiger partial charge in [0.1, 0.15) is 0 Å². The second-order valence-corrected chi connectivity index (χ2v) is 3.73. The van der Waals surface area contributed by atoms with E-state index in [9.17, 15) is 4.79 Å². The molecule has 76 valence electrons. The molecule has 0 amide bonds. The quantitative estimate of drug-likeness (QED) is 0.728. The highest BCUT2D eigenvalue weighted by Crippen LogP contribution is 2.16. The molecular weight excluding hydrogens is 210 g/mol. The number of aldehydes is 1. The molecule has 0 saturated heterocycles. The van der Waals surface area contributed by atoms with Gasteiger partial charge in [0.25, 0.3) is 0 Å². The topological polar surface area (TPSA) is 22.0 Å². The van der Waals surface area contributed by atoms with Crippen molar-refractivity contribution < 1.29 is 4.79 Å². The van der Waals surface area contributed by atoms with Crippen LogP contribution in [0.5, 0.6) is 0 Å². The van der Waals surface area contributed by atoms with Crippen LogP contribution in [0.1, 0.15) is 15.9 Å². The van der Waals surface area contributed by atoms with Crippen LogP contribution in [-0.4, -0.2) is 10.9 Å². The Morgan fingerprint density at radius 3 is 2.73 bits per heavy atom. The first-order valence-corrected chi connectivity index (χ1v) is 5.02. The van der Waals surface area contributed by atoms with Gasteiger partial charge in [-0.05, 0) is 17.7 Å². The number of rotatable bonds is 3. The predicted octanol–water partition coefficient (Wildman–Crippen LogP) is 3.00. The Morgan fingerprint density at radius 1 is 1.27 bits per heavy atom. The van der Waals surface area contributed by atoms with E-state index in [1.54, 1.807) is 12.3 Å². The van der Waals surface area contributed by atoms with E-state index in [1.807, 2.05) is 35.0 Å². The second kappa shape index (κ2) is 4.32. The Morgan fingerprint density at radius 2 is 2.07 bits per heavy atom. The van der Waals surface area contributed by atoms with Crippen molar-refractivity contribution in [2.45, 2.75) is 6.54 Å². The molecule has 0 bridgehead atoms. The number of halogens is 1. The minimum Gasteiger partial charge on any atom is -0.349 e. The zero-order valence-electron chi connectivity index (χ0n) is 8.06. The lowest BCUT2D eigenvalue weighted by Crippen LogP contribution is -1.96. The maximum absolute atomic E-state index is 10.5. The molecule has 15 heavy (non-hydrogen) atoms. The Hall–Kier alpha value is -1.54. The van der Waals surface area contributed by atoms with Crippen LogP contribution < -0.4 is 0 Å². The number of nitrogens with zero attached hydrogens (tertiary/aromatic N) is 1.